The van der Waals surface area contributed by atoms with E-state index in [0.717, 1.165) is 0 Å². The van der Waals surface area contributed by atoms with Crippen molar-refractivity contribution in [3.63, 3.8) is 0 Å². The summed E-state index contributed by atoms with van der Waals surface area (Å²) in [5.74, 6) is 0. The highest BCUT2D eigenvalue weighted by Gasteiger charge is 1.77. The molecular formula is C2H3IN4. The predicted molar refractivity (Wildman–Crippen MR) is 33.4 cm³/mol. The van der Waals surface area contributed by atoms with Gasteiger partial charge in [-0.15, -0.1) is 5.10 Å². The van der Waals surface area contributed by atoms with Crippen LogP contribution in [0.4, 0.5) is 0 Å². The summed E-state index contributed by atoms with van der Waals surface area (Å²) in [5, 5.41) is 3.72. The van der Waals surface area contributed by atoms with Gasteiger partial charge in [0.25, 0.3) is 0 Å². The molecule has 5 heteroatoms. The quantitative estimate of drug-likeness (QED) is 0.530. The Morgan fingerprint density at radius 2 is 2.57 bits per heavy atom. The van der Waals surface area contributed by atoms with Gasteiger partial charge < -0.3 is 0 Å². The second kappa shape index (κ2) is 2.10. The Bertz CT molecular complexity index is 124. The van der Waals surface area contributed by atoms with Crippen molar-refractivity contribution >= 4 is 22.9 Å². The van der Waals surface area contributed by atoms with Crippen LogP contribution in [0.3, 0.4) is 0 Å². The lowest BCUT2D eigenvalue weighted by molar-refractivity contribution is 0.842. The first-order chi connectivity index (χ1) is 3.43. The molecule has 0 spiro atoms. The third kappa shape index (κ3) is 1.02. The molecule has 0 unspecified atom stereocenters. The zero-order valence-electron chi connectivity index (χ0n) is 3.37. The minimum Gasteiger partial charge on any atom is -0.248 e. The fourth-order valence-corrected chi connectivity index (χ4v) is 0.501. The summed E-state index contributed by atoms with van der Waals surface area (Å²) in [4.78, 5) is 5.18. The molecule has 1 rings (SSSR count). The van der Waals surface area contributed by atoms with Gasteiger partial charge in [-0.1, -0.05) is 0 Å². The SMILES string of the molecule is INn1cncn1. The molecule has 1 N–H and O–H groups in total. The molecule has 7 heavy (non-hydrogen) atoms. The smallest absolute Gasteiger partial charge is 0.139 e. The van der Waals surface area contributed by atoms with Gasteiger partial charge in [-0.05, 0) is 0 Å². The van der Waals surface area contributed by atoms with E-state index in [4.69, 9.17) is 0 Å². The first-order valence-corrected chi connectivity index (χ1v) is 2.72. The van der Waals surface area contributed by atoms with E-state index in [-0.39, 0.29) is 0 Å². The van der Waals surface area contributed by atoms with Crippen molar-refractivity contribution in [1.82, 2.24) is 14.9 Å². The molecule has 0 saturated carbocycles. The number of aromatic nitrogens is 3. The summed E-state index contributed by atoms with van der Waals surface area (Å²) < 4.78 is 2.72. The van der Waals surface area contributed by atoms with E-state index in [1.54, 1.807) is 6.33 Å². The van der Waals surface area contributed by atoms with Gasteiger partial charge in [0, 0.05) is 0 Å². The van der Waals surface area contributed by atoms with Gasteiger partial charge in [-0.3, -0.25) is 0 Å². The molecule has 4 nitrogen and oxygen atoms in total. The van der Waals surface area contributed by atoms with Gasteiger partial charge in [0.1, 0.15) is 12.7 Å². The topological polar surface area (TPSA) is 42.7 Å². The number of nitrogens with one attached hydrogen (secondary N) is 1. The van der Waals surface area contributed by atoms with Gasteiger partial charge >= 0.3 is 0 Å². The number of rotatable bonds is 1. The zero-order chi connectivity index (χ0) is 5.11. The molecule has 0 atom stereocenters. The van der Waals surface area contributed by atoms with Crippen molar-refractivity contribution in [2.24, 2.45) is 0 Å². The van der Waals surface area contributed by atoms with E-state index in [0.29, 0.717) is 0 Å². The zero-order valence-corrected chi connectivity index (χ0v) is 5.53. The number of hydrogen-bond acceptors (Lipinski definition) is 3. The number of halogens is 1. The van der Waals surface area contributed by atoms with Gasteiger partial charge in [-0.2, -0.15) is 4.79 Å². The number of hydrogen-bond donors (Lipinski definition) is 1. The molecule has 38 valence electrons. The molecule has 1 aromatic rings. The Balaban J connectivity index is 2.76. The third-order valence-corrected chi connectivity index (χ3v) is 1.000. The average molecular weight is 210 g/mol. The molecule has 0 aliphatic rings. The first-order valence-electron chi connectivity index (χ1n) is 1.65. The Labute approximate surface area is 54.4 Å². The molecule has 1 aromatic heterocycles. The highest BCUT2D eigenvalue weighted by molar-refractivity contribution is 14.1. The van der Waals surface area contributed by atoms with Gasteiger partial charge in [0.2, 0.25) is 0 Å². The van der Waals surface area contributed by atoms with E-state index < -0.39 is 0 Å². The molecule has 0 aliphatic heterocycles. The largest absolute Gasteiger partial charge is 0.248 e. The van der Waals surface area contributed by atoms with Crippen LogP contribution in [0.15, 0.2) is 12.7 Å². The van der Waals surface area contributed by atoms with Crippen LogP contribution in [-0.2, 0) is 0 Å². The van der Waals surface area contributed by atoms with E-state index in [1.807, 2.05) is 22.9 Å². The summed E-state index contributed by atoms with van der Waals surface area (Å²) in [5.41, 5.74) is 0. The van der Waals surface area contributed by atoms with Crippen LogP contribution in [0, 0.1) is 0 Å². The highest BCUT2D eigenvalue weighted by Crippen LogP contribution is 1.75. The van der Waals surface area contributed by atoms with Crippen molar-refractivity contribution in [2.75, 3.05) is 3.64 Å². The van der Waals surface area contributed by atoms with Crippen molar-refractivity contribution in [1.29, 1.82) is 0 Å². The summed E-state index contributed by atoms with van der Waals surface area (Å²) >= 11 is 1.96. The molecule has 0 saturated heterocycles. The second-order valence-corrected chi connectivity index (χ2v) is 1.41. The fraction of sp³-hybridized carbons (Fsp3) is 0. The lowest BCUT2D eigenvalue weighted by Gasteiger charge is -1.88. The third-order valence-electron chi connectivity index (χ3n) is 0.505. The highest BCUT2D eigenvalue weighted by atomic mass is 127. The summed E-state index contributed by atoms with van der Waals surface area (Å²) in [6, 6.07) is 0. The Morgan fingerprint density at radius 1 is 1.71 bits per heavy atom. The average Bonchev–Trinajstić information content (AvgIpc) is 2.14. The lowest BCUT2D eigenvalue weighted by atomic mass is 11.3. The van der Waals surface area contributed by atoms with Crippen LogP contribution >= 0.6 is 22.9 Å². The minimum atomic E-state index is 1.46. The molecule has 0 aromatic carbocycles. The van der Waals surface area contributed by atoms with Crippen molar-refractivity contribution in [3.8, 4) is 0 Å². The first kappa shape index (κ1) is 4.82. The molecule has 0 bridgehead atoms. The maximum absolute atomic E-state index is 3.72. The Kier molecular flexibility index (Phi) is 1.45. The van der Waals surface area contributed by atoms with Crippen molar-refractivity contribution < 1.29 is 0 Å². The molecule has 0 radical (unpaired) electrons. The van der Waals surface area contributed by atoms with E-state index in [1.165, 1.54) is 11.1 Å². The second-order valence-electron chi connectivity index (χ2n) is 0.925. The molecule has 0 aliphatic carbocycles. The molecular weight excluding hydrogens is 207 g/mol. The van der Waals surface area contributed by atoms with Gasteiger partial charge in [-0.25, -0.2) is 8.62 Å². The molecule has 0 fully saturated rings. The van der Waals surface area contributed by atoms with Crippen molar-refractivity contribution in [3.05, 3.63) is 12.7 Å². The standard InChI is InChI=1S/C2H3IN4/c3-6-7-2-4-1-5-7/h1-2,6H. The van der Waals surface area contributed by atoms with Crippen LogP contribution in [0.2, 0.25) is 0 Å². The normalized spacial score (nSPS) is 8.71. The molecule has 0 amide bonds. The molecule has 1 heterocycles. The fourth-order valence-electron chi connectivity index (χ4n) is 0.252. The lowest BCUT2D eigenvalue weighted by Crippen LogP contribution is -2.01. The van der Waals surface area contributed by atoms with Gasteiger partial charge in [0.05, 0.1) is 22.9 Å². The van der Waals surface area contributed by atoms with Gasteiger partial charge in [0.15, 0.2) is 0 Å². The monoisotopic (exact) mass is 210 g/mol. The maximum atomic E-state index is 3.72. The van der Waals surface area contributed by atoms with E-state index in [9.17, 15) is 0 Å². The van der Waals surface area contributed by atoms with Crippen molar-refractivity contribution in [2.45, 2.75) is 0 Å². The Hall–Kier alpha value is -0.330. The van der Waals surface area contributed by atoms with Crippen LogP contribution in [0.5, 0.6) is 0 Å². The van der Waals surface area contributed by atoms with Crippen LogP contribution in [0.25, 0.3) is 0 Å². The summed E-state index contributed by atoms with van der Waals surface area (Å²) in [6.45, 7) is 0. The van der Waals surface area contributed by atoms with Crippen LogP contribution in [-0.4, -0.2) is 14.9 Å². The van der Waals surface area contributed by atoms with Crippen LogP contribution < -0.4 is 3.64 Å². The predicted octanol–water partition coefficient (Wildman–Crippen LogP) is 0.172. The summed E-state index contributed by atoms with van der Waals surface area (Å²) in [6.07, 6.45) is 3.04. The number of nitrogens with zero attached hydrogens (tertiary/aromatic N) is 3. The Morgan fingerprint density at radius 3 is 2.86 bits per heavy atom. The summed E-state index contributed by atoms with van der Waals surface area (Å²) in [7, 11) is 0. The maximum Gasteiger partial charge on any atom is 0.139 e. The van der Waals surface area contributed by atoms with E-state index in [2.05, 4.69) is 13.7 Å². The van der Waals surface area contributed by atoms with E-state index >= 15 is 0 Å². The minimum absolute atomic E-state index is 1.46. The van der Waals surface area contributed by atoms with Crippen LogP contribution in [0.1, 0.15) is 0 Å².